The molecule has 3 aromatic rings. The summed E-state index contributed by atoms with van der Waals surface area (Å²) in [5, 5.41) is 1.23. The lowest BCUT2D eigenvalue weighted by Crippen LogP contribution is -2.30. The molecule has 2 aromatic carbocycles. The molecule has 0 saturated carbocycles. The summed E-state index contributed by atoms with van der Waals surface area (Å²) in [6.45, 7) is 9.71. The Morgan fingerprint density at radius 2 is 1.83 bits per heavy atom. The van der Waals surface area contributed by atoms with Crippen LogP contribution in [-0.4, -0.2) is 0 Å². The Kier molecular flexibility index (Phi) is 2.88. The minimum absolute atomic E-state index is 0.0953. The Bertz CT molecular complexity index is 1080. The van der Waals surface area contributed by atoms with Crippen LogP contribution in [0.25, 0.3) is 22.0 Å². The zero-order chi connectivity index (χ0) is 20.3. The maximum atomic E-state index is 8.68. The standard InChI is InChI=1S/C22H26N/c1-14(2)18-7-8-20-19(13-18)9-10-23(6)22(20)21-12-15(3)11-16(4)17(21)5/h7-14H,1-6H3/q+1/i8D,9D,10D,14D. The van der Waals surface area contributed by atoms with Gasteiger partial charge in [0.25, 0.3) is 0 Å². The Morgan fingerprint density at radius 1 is 1.09 bits per heavy atom. The van der Waals surface area contributed by atoms with Gasteiger partial charge < -0.3 is 0 Å². The summed E-state index contributed by atoms with van der Waals surface area (Å²) in [6.07, 6.45) is 0.107. The molecule has 0 radical (unpaired) electrons. The van der Waals surface area contributed by atoms with Crippen LogP contribution in [0.2, 0.25) is 0 Å². The fraction of sp³-hybridized carbons (Fsp3) is 0.318. The van der Waals surface area contributed by atoms with Crippen LogP contribution in [0.1, 0.15) is 47.5 Å². The second kappa shape index (κ2) is 5.81. The van der Waals surface area contributed by atoms with Gasteiger partial charge in [-0.15, -0.1) is 0 Å². The molecule has 0 unspecified atom stereocenters. The normalized spacial score (nSPS) is 14.3. The fourth-order valence-electron chi connectivity index (χ4n) is 3.05. The van der Waals surface area contributed by atoms with Crippen molar-refractivity contribution >= 4 is 10.8 Å². The first kappa shape index (κ1) is 11.4. The topological polar surface area (TPSA) is 3.88 Å². The highest BCUT2D eigenvalue weighted by Crippen LogP contribution is 2.31. The zero-order valence-corrected chi connectivity index (χ0v) is 14.8. The number of hydrogen-bond acceptors (Lipinski definition) is 0. The number of aryl methyl sites for hydroxylation is 2. The SMILES string of the molecule is [2H]c1c([2H])[n+](C)c(-c2cc(C)cc(C)c2C)c2c([2H])cc(C([2H])(C)C)cc12. The molecule has 3 rings (SSSR count). The van der Waals surface area contributed by atoms with Crippen molar-refractivity contribution in [3.05, 3.63) is 64.8 Å². The highest BCUT2D eigenvalue weighted by Gasteiger charge is 2.18. The van der Waals surface area contributed by atoms with Gasteiger partial charge in [0.2, 0.25) is 5.69 Å². The van der Waals surface area contributed by atoms with E-state index in [0.717, 1.165) is 27.9 Å². The largest absolute Gasteiger partial charge is 0.220 e. The number of rotatable bonds is 2. The number of benzene rings is 2. The van der Waals surface area contributed by atoms with E-state index in [2.05, 4.69) is 26.0 Å². The smallest absolute Gasteiger partial charge is 0.200 e. The van der Waals surface area contributed by atoms with E-state index in [1.807, 2.05) is 13.0 Å². The van der Waals surface area contributed by atoms with Crippen LogP contribution in [0.5, 0.6) is 0 Å². The monoisotopic (exact) mass is 308 g/mol. The van der Waals surface area contributed by atoms with Crippen LogP contribution in [0.4, 0.5) is 0 Å². The molecule has 1 heteroatoms. The molecule has 0 saturated heterocycles. The number of nitrogens with zero attached hydrogens (tertiary/aromatic N) is 1. The summed E-state index contributed by atoms with van der Waals surface area (Å²) in [5.41, 5.74) is 5.85. The summed E-state index contributed by atoms with van der Waals surface area (Å²) in [6, 6.07) is 8.13. The summed E-state index contributed by atoms with van der Waals surface area (Å²) < 4.78 is 35.6. The summed E-state index contributed by atoms with van der Waals surface area (Å²) in [7, 11) is 1.79. The molecule has 1 heterocycles. The summed E-state index contributed by atoms with van der Waals surface area (Å²) in [4.78, 5) is 0. The molecule has 0 spiro atoms. The first-order valence-corrected chi connectivity index (χ1v) is 7.95. The van der Waals surface area contributed by atoms with Crippen molar-refractivity contribution in [3.8, 4) is 11.3 Å². The Hall–Kier alpha value is -2.15. The lowest BCUT2D eigenvalue weighted by atomic mass is 9.93. The van der Waals surface area contributed by atoms with E-state index in [0.29, 0.717) is 22.4 Å². The van der Waals surface area contributed by atoms with Crippen LogP contribution >= 0.6 is 0 Å². The number of hydrogen-bond donors (Lipinski definition) is 0. The van der Waals surface area contributed by atoms with Gasteiger partial charge in [0, 0.05) is 7.41 Å². The van der Waals surface area contributed by atoms with Gasteiger partial charge in [-0.1, -0.05) is 37.6 Å². The minimum Gasteiger partial charge on any atom is -0.200 e. The van der Waals surface area contributed by atoms with Gasteiger partial charge >= 0.3 is 0 Å². The molecule has 23 heavy (non-hydrogen) atoms. The zero-order valence-electron chi connectivity index (χ0n) is 18.8. The molecule has 0 aliphatic heterocycles. The highest BCUT2D eigenvalue weighted by atomic mass is 14.9. The molecule has 0 N–H and O–H groups in total. The van der Waals surface area contributed by atoms with Gasteiger partial charge in [-0.05, 0) is 60.9 Å². The second-order valence-corrected chi connectivity index (χ2v) is 6.58. The molecule has 1 aromatic heterocycles. The number of pyridine rings is 1. The van der Waals surface area contributed by atoms with E-state index >= 15 is 0 Å². The predicted octanol–water partition coefficient (Wildman–Crippen LogP) is 5.38. The van der Waals surface area contributed by atoms with Crippen LogP contribution < -0.4 is 4.57 Å². The van der Waals surface area contributed by atoms with Crippen LogP contribution in [0, 0.1) is 20.8 Å². The molecule has 0 fully saturated rings. The third-order valence-electron chi connectivity index (χ3n) is 4.52. The molecule has 0 atom stereocenters. The van der Waals surface area contributed by atoms with E-state index in [4.69, 9.17) is 5.48 Å². The van der Waals surface area contributed by atoms with Crippen molar-refractivity contribution in [2.45, 2.75) is 40.5 Å². The molecule has 0 amide bonds. The molecule has 0 aliphatic rings. The second-order valence-electron chi connectivity index (χ2n) is 6.58. The lowest BCUT2D eigenvalue weighted by molar-refractivity contribution is -0.659. The van der Waals surface area contributed by atoms with Gasteiger partial charge in [0.1, 0.15) is 8.42 Å². The lowest BCUT2D eigenvalue weighted by Gasteiger charge is -2.12. The van der Waals surface area contributed by atoms with E-state index in [9.17, 15) is 0 Å². The van der Waals surface area contributed by atoms with Crippen LogP contribution in [0.15, 0.2) is 42.5 Å². The van der Waals surface area contributed by atoms with Crippen molar-refractivity contribution in [1.82, 2.24) is 0 Å². The van der Waals surface area contributed by atoms with Gasteiger partial charge in [-0.3, -0.25) is 0 Å². The van der Waals surface area contributed by atoms with Gasteiger partial charge in [0.05, 0.1) is 13.7 Å². The number of fused-ring (bicyclic) bond motifs is 1. The predicted molar refractivity (Wildman–Crippen MR) is 98.9 cm³/mol. The summed E-state index contributed by atoms with van der Waals surface area (Å²) >= 11 is 0. The molecular formula is C22H26N+. The van der Waals surface area contributed by atoms with Crippen molar-refractivity contribution in [2.75, 3.05) is 0 Å². The molecule has 118 valence electrons. The van der Waals surface area contributed by atoms with E-state index in [1.165, 1.54) is 0 Å². The Balaban J connectivity index is 2.55. The first-order chi connectivity index (χ1) is 12.4. The molecule has 1 nitrogen and oxygen atoms in total. The number of aromatic nitrogens is 1. The van der Waals surface area contributed by atoms with E-state index in [-0.39, 0.29) is 12.2 Å². The van der Waals surface area contributed by atoms with E-state index in [1.54, 1.807) is 31.5 Å². The Morgan fingerprint density at radius 3 is 2.52 bits per heavy atom. The maximum Gasteiger partial charge on any atom is 0.220 e. The third kappa shape index (κ3) is 2.76. The third-order valence-corrected chi connectivity index (χ3v) is 4.52. The van der Waals surface area contributed by atoms with Gasteiger partial charge in [-0.2, -0.15) is 0 Å². The first-order valence-electron chi connectivity index (χ1n) is 9.95. The van der Waals surface area contributed by atoms with Crippen LogP contribution in [-0.2, 0) is 7.05 Å². The fourth-order valence-corrected chi connectivity index (χ4v) is 3.05. The van der Waals surface area contributed by atoms with Crippen LogP contribution in [0.3, 0.4) is 0 Å². The molecule has 0 aliphatic carbocycles. The minimum atomic E-state index is -0.868. The van der Waals surface area contributed by atoms with E-state index < -0.39 is 5.89 Å². The molecule has 0 bridgehead atoms. The van der Waals surface area contributed by atoms with Crippen molar-refractivity contribution in [3.63, 3.8) is 0 Å². The molecular weight excluding hydrogens is 278 g/mol. The van der Waals surface area contributed by atoms with Gasteiger partial charge in [-0.25, -0.2) is 4.57 Å². The summed E-state index contributed by atoms with van der Waals surface area (Å²) in [5.74, 6) is -0.868. The Labute approximate surface area is 145 Å². The van der Waals surface area contributed by atoms with Gasteiger partial charge in [0.15, 0.2) is 6.17 Å². The average Bonchev–Trinajstić information content (AvgIpc) is 2.56. The highest BCUT2D eigenvalue weighted by molar-refractivity contribution is 5.94. The van der Waals surface area contributed by atoms with Crippen molar-refractivity contribution < 1.29 is 10.1 Å². The maximum absolute atomic E-state index is 8.68. The van der Waals surface area contributed by atoms with Crippen molar-refractivity contribution in [2.24, 2.45) is 7.05 Å². The quantitative estimate of drug-likeness (QED) is 0.560. The van der Waals surface area contributed by atoms with Crippen molar-refractivity contribution in [1.29, 1.82) is 0 Å². The average molecular weight is 308 g/mol.